The van der Waals surface area contributed by atoms with Crippen LogP contribution in [0.2, 0.25) is 0 Å². The zero-order valence-electron chi connectivity index (χ0n) is 11.5. The molecule has 0 amide bonds. The lowest BCUT2D eigenvalue weighted by molar-refractivity contribution is 0.712. The number of aromatic amines is 1. The van der Waals surface area contributed by atoms with Crippen LogP contribution in [-0.4, -0.2) is 21.6 Å². The van der Waals surface area contributed by atoms with Gasteiger partial charge in [-0.2, -0.15) is 0 Å². The molecular formula is C15H18N4. The molecule has 0 bridgehead atoms. The minimum atomic E-state index is 0.776. The summed E-state index contributed by atoms with van der Waals surface area (Å²) in [6, 6.07) is 8.39. The van der Waals surface area contributed by atoms with Gasteiger partial charge >= 0.3 is 0 Å². The Hall–Kier alpha value is -2.07. The van der Waals surface area contributed by atoms with Gasteiger partial charge in [-0.25, -0.2) is 4.98 Å². The van der Waals surface area contributed by atoms with Crippen LogP contribution in [0, 0.1) is 6.92 Å². The Bertz CT molecular complexity index is 721. The quantitative estimate of drug-likeness (QED) is 0.754. The maximum Gasteiger partial charge on any atom is 0.122 e. The number of nitrogens with one attached hydrogen (secondary N) is 2. The van der Waals surface area contributed by atoms with E-state index in [2.05, 4.69) is 58.1 Å². The second-order valence-corrected chi connectivity index (χ2v) is 4.82. The summed E-state index contributed by atoms with van der Waals surface area (Å²) in [5, 5.41) is 4.39. The van der Waals surface area contributed by atoms with Gasteiger partial charge < -0.3 is 14.9 Å². The molecule has 2 heterocycles. The van der Waals surface area contributed by atoms with Crippen molar-refractivity contribution < 1.29 is 0 Å². The zero-order chi connectivity index (χ0) is 13.4. The number of imidazole rings is 1. The normalized spacial score (nSPS) is 11.3. The Morgan fingerprint density at radius 3 is 2.89 bits per heavy atom. The van der Waals surface area contributed by atoms with Crippen molar-refractivity contribution >= 4 is 10.9 Å². The highest BCUT2D eigenvalue weighted by Crippen LogP contribution is 2.31. The molecule has 98 valence electrons. The van der Waals surface area contributed by atoms with E-state index in [0.29, 0.717) is 0 Å². The SMILES string of the molecule is CNCc1ncc(-c2c(C)[nH]c3ccccc23)n1C. The van der Waals surface area contributed by atoms with Gasteiger partial charge in [0.2, 0.25) is 0 Å². The molecular weight excluding hydrogens is 236 g/mol. The van der Waals surface area contributed by atoms with Gasteiger partial charge in [0.15, 0.2) is 0 Å². The molecule has 0 aliphatic heterocycles. The first-order valence-corrected chi connectivity index (χ1v) is 6.45. The topological polar surface area (TPSA) is 45.6 Å². The number of hydrogen-bond acceptors (Lipinski definition) is 2. The first kappa shape index (κ1) is 12.0. The van der Waals surface area contributed by atoms with Crippen LogP contribution in [0.1, 0.15) is 11.5 Å². The van der Waals surface area contributed by atoms with Crippen molar-refractivity contribution in [1.29, 1.82) is 0 Å². The molecule has 2 N–H and O–H groups in total. The third-order valence-electron chi connectivity index (χ3n) is 3.57. The molecule has 0 radical (unpaired) electrons. The Labute approximate surface area is 112 Å². The van der Waals surface area contributed by atoms with Gasteiger partial charge in [-0.15, -0.1) is 0 Å². The average Bonchev–Trinajstić information content (AvgIpc) is 2.91. The van der Waals surface area contributed by atoms with Crippen LogP contribution in [0.15, 0.2) is 30.5 Å². The van der Waals surface area contributed by atoms with E-state index in [1.165, 1.54) is 22.2 Å². The minimum absolute atomic E-state index is 0.776. The Kier molecular flexibility index (Phi) is 2.87. The van der Waals surface area contributed by atoms with Crippen LogP contribution < -0.4 is 5.32 Å². The van der Waals surface area contributed by atoms with Gasteiger partial charge in [-0.1, -0.05) is 18.2 Å². The molecule has 1 aromatic carbocycles. The number of nitrogens with zero attached hydrogens (tertiary/aromatic N) is 2. The van der Waals surface area contributed by atoms with Crippen molar-refractivity contribution in [3.8, 4) is 11.3 Å². The number of aryl methyl sites for hydroxylation is 1. The first-order valence-electron chi connectivity index (χ1n) is 6.45. The fraction of sp³-hybridized carbons (Fsp3) is 0.267. The van der Waals surface area contributed by atoms with E-state index >= 15 is 0 Å². The summed E-state index contributed by atoms with van der Waals surface area (Å²) in [6.07, 6.45) is 1.95. The van der Waals surface area contributed by atoms with Gasteiger partial charge in [0.05, 0.1) is 18.4 Å². The molecule has 0 aliphatic rings. The lowest BCUT2D eigenvalue weighted by Crippen LogP contribution is -2.10. The van der Waals surface area contributed by atoms with E-state index < -0.39 is 0 Å². The van der Waals surface area contributed by atoms with Gasteiger partial charge in [-0.3, -0.25) is 0 Å². The fourth-order valence-corrected chi connectivity index (χ4v) is 2.61. The number of aromatic nitrogens is 3. The van der Waals surface area contributed by atoms with Crippen LogP contribution >= 0.6 is 0 Å². The molecule has 19 heavy (non-hydrogen) atoms. The summed E-state index contributed by atoms with van der Waals surface area (Å²) in [6.45, 7) is 2.89. The van der Waals surface area contributed by atoms with Crippen LogP contribution in [0.3, 0.4) is 0 Å². The number of para-hydroxylation sites is 1. The lowest BCUT2D eigenvalue weighted by atomic mass is 10.1. The van der Waals surface area contributed by atoms with E-state index in [0.717, 1.165) is 18.1 Å². The predicted octanol–water partition coefficient (Wildman–Crippen LogP) is 2.60. The van der Waals surface area contributed by atoms with Gasteiger partial charge in [-0.05, 0) is 20.0 Å². The van der Waals surface area contributed by atoms with E-state index in [-0.39, 0.29) is 0 Å². The second-order valence-electron chi connectivity index (χ2n) is 4.82. The number of hydrogen-bond donors (Lipinski definition) is 2. The molecule has 0 fully saturated rings. The van der Waals surface area contributed by atoms with Crippen molar-refractivity contribution in [3.63, 3.8) is 0 Å². The third-order valence-corrected chi connectivity index (χ3v) is 3.57. The van der Waals surface area contributed by atoms with Gasteiger partial charge in [0.25, 0.3) is 0 Å². The molecule has 0 saturated heterocycles. The van der Waals surface area contributed by atoms with Crippen molar-refractivity contribution in [3.05, 3.63) is 42.0 Å². The van der Waals surface area contributed by atoms with Crippen molar-refractivity contribution in [2.24, 2.45) is 7.05 Å². The summed E-state index contributed by atoms with van der Waals surface area (Å²) in [7, 11) is 4.00. The minimum Gasteiger partial charge on any atom is -0.358 e. The van der Waals surface area contributed by atoms with E-state index in [1.807, 2.05) is 13.2 Å². The van der Waals surface area contributed by atoms with Gasteiger partial charge in [0, 0.05) is 29.2 Å². The highest BCUT2D eigenvalue weighted by Gasteiger charge is 2.15. The van der Waals surface area contributed by atoms with E-state index in [1.54, 1.807) is 0 Å². The number of rotatable bonds is 3. The Morgan fingerprint density at radius 2 is 2.11 bits per heavy atom. The Morgan fingerprint density at radius 1 is 1.32 bits per heavy atom. The summed E-state index contributed by atoms with van der Waals surface area (Å²) in [5.74, 6) is 1.04. The maximum absolute atomic E-state index is 4.50. The summed E-state index contributed by atoms with van der Waals surface area (Å²) in [5.41, 5.74) is 4.75. The molecule has 3 aromatic rings. The predicted molar refractivity (Wildman–Crippen MR) is 78.0 cm³/mol. The monoisotopic (exact) mass is 254 g/mol. The first-order chi connectivity index (χ1) is 9.22. The smallest absolute Gasteiger partial charge is 0.122 e. The number of fused-ring (bicyclic) bond motifs is 1. The maximum atomic E-state index is 4.50. The molecule has 3 rings (SSSR count). The van der Waals surface area contributed by atoms with Gasteiger partial charge in [0.1, 0.15) is 5.82 Å². The largest absolute Gasteiger partial charge is 0.358 e. The molecule has 0 aliphatic carbocycles. The third kappa shape index (κ3) is 1.85. The van der Waals surface area contributed by atoms with Crippen LogP contribution in [0.4, 0.5) is 0 Å². The molecule has 0 unspecified atom stereocenters. The van der Waals surface area contributed by atoms with E-state index in [9.17, 15) is 0 Å². The van der Waals surface area contributed by atoms with Crippen molar-refractivity contribution in [1.82, 2.24) is 19.9 Å². The molecule has 2 aromatic heterocycles. The molecule has 4 heteroatoms. The number of benzene rings is 1. The summed E-state index contributed by atoms with van der Waals surface area (Å²) >= 11 is 0. The van der Waals surface area contributed by atoms with Crippen LogP contribution in [0.5, 0.6) is 0 Å². The number of H-pyrrole nitrogens is 1. The standard InChI is InChI=1S/C15H18N4/c1-10-15(11-6-4-5-7-12(11)18-10)13-8-17-14(9-16-2)19(13)3/h4-8,16,18H,9H2,1-3H3. The fourth-order valence-electron chi connectivity index (χ4n) is 2.61. The highest BCUT2D eigenvalue weighted by atomic mass is 15.1. The van der Waals surface area contributed by atoms with Crippen LogP contribution in [-0.2, 0) is 13.6 Å². The average molecular weight is 254 g/mol. The van der Waals surface area contributed by atoms with E-state index in [4.69, 9.17) is 0 Å². The Balaban J connectivity index is 2.22. The van der Waals surface area contributed by atoms with Crippen molar-refractivity contribution in [2.45, 2.75) is 13.5 Å². The molecule has 0 spiro atoms. The zero-order valence-corrected chi connectivity index (χ0v) is 11.5. The molecule has 4 nitrogen and oxygen atoms in total. The van der Waals surface area contributed by atoms with Crippen molar-refractivity contribution in [2.75, 3.05) is 7.05 Å². The highest BCUT2D eigenvalue weighted by molar-refractivity contribution is 5.96. The second kappa shape index (κ2) is 4.55. The summed E-state index contributed by atoms with van der Waals surface area (Å²) in [4.78, 5) is 7.93. The lowest BCUT2D eigenvalue weighted by Gasteiger charge is -2.06. The molecule has 0 atom stereocenters. The summed E-state index contributed by atoms with van der Waals surface area (Å²) < 4.78 is 2.15. The van der Waals surface area contributed by atoms with Crippen LogP contribution in [0.25, 0.3) is 22.2 Å². The molecule has 0 saturated carbocycles.